The minimum Gasteiger partial charge on any atom is -0.494 e. The molecule has 1 N–H and O–H groups in total. The van der Waals surface area contributed by atoms with Crippen LogP contribution in [-0.4, -0.2) is 11.7 Å². The Morgan fingerprint density at radius 2 is 2.05 bits per heavy atom. The predicted octanol–water partition coefficient (Wildman–Crippen LogP) is 4.35. The molecule has 0 fully saturated rings. The van der Waals surface area contributed by atoms with E-state index in [1.807, 2.05) is 13.0 Å². The third-order valence-electron chi connectivity index (χ3n) is 2.90. The van der Waals surface area contributed by atoms with Crippen LogP contribution in [0, 0.1) is 5.82 Å². The van der Waals surface area contributed by atoms with Gasteiger partial charge >= 0.3 is 0 Å². The molecule has 0 heterocycles. The van der Waals surface area contributed by atoms with E-state index in [0.717, 1.165) is 6.42 Å². The van der Waals surface area contributed by atoms with Crippen LogP contribution in [0.15, 0.2) is 42.5 Å². The van der Waals surface area contributed by atoms with Crippen molar-refractivity contribution >= 4 is 11.6 Å². The summed E-state index contributed by atoms with van der Waals surface area (Å²) in [5.74, 6) is 0.248. The zero-order valence-corrected chi connectivity index (χ0v) is 11.9. The lowest BCUT2D eigenvalue weighted by Crippen LogP contribution is -2.02. The molecule has 2 aromatic carbocycles. The number of rotatable bonds is 5. The van der Waals surface area contributed by atoms with Crippen molar-refractivity contribution < 1.29 is 14.2 Å². The van der Waals surface area contributed by atoms with Gasteiger partial charge < -0.3 is 9.84 Å². The highest BCUT2D eigenvalue weighted by molar-refractivity contribution is 6.31. The van der Waals surface area contributed by atoms with Gasteiger partial charge in [-0.1, -0.05) is 30.7 Å². The van der Waals surface area contributed by atoms with Gasteiger partial charge in [-0.2, -0.15) is 0 Å². The van der Waals surface area contributed by atoms with Gasteiger partial charge in [-0.3, -0.25) is 0 Å². The molecule has 0 saturated heterocycles. The molecule has 1 atom stereocenters. The van der Waals surface area contributed by atoms with Crippen molar-refractivity contribution in [2.24, 2.45) is 0 Å². The maximum absolute atomic E-state index is 13.3. The number of hydrogen-bond donors (Lipinski definition) is 1. The fourth-order valence-corrected chi connectivity index (χ4v) is 2.12. The summed E-state index contributed by atoms with van der Waals surface area (Å²) in [6.45, 7) is 2.63. The van der Waals surface area contributed by atoms with Crippen LogP contribution in [0.5, 0.6) is 5.75 Å². The van der Waals surface area contributed by atoms with E-state index in [9.17, 15) is 9.50 Å². The Hall–Kier alpha value is -1.58. The number of hydrogen-bond acceptors (Lipinski definition) is 2. The van der Waals surface area contributed by atoms with Crippen molar-refractivity contribution in [3.05, 3.63) is 64.4 Å². The fourth-order valence-electron chi connectivity index (χ4n) is 1.90. The Bertz CT molecular complexity index is 586. The summed E-state index contributed by atoms with van der Waals surface area (Å²) < 4.78 is 18.8. The molecule has 2 rings (SSSR count). The molecule has 4 heteroatoms. The highest BCUT2D eigenvalue weighted by atomic mass is 35.5. The maximum Gasteiger partial charge on any atom is 0.123 e. The molecule has 0 aliphatic heterocycles. The van der Waals surface area contributed by atoms with E-state index < -0.39 is 11.9 Å². The van der Waals surface area contributed by atoms with Crippen LogP contribution in [0.25, 0.3) is 0 Å². The largest absolute Gasteiger partial charge is 0.494 e. The molecular formula is C16H16ClFO2. The summed E-state index contributed by atoms with van der Waals surface area (Å²) in [5.41, 5.74) is 0.963. The molecule has 0 aliphatic carbocycles. The van der Waals surface area contributed by atoms with Crippen LogP contribution in [0.4, 0.5) is 4.39 Å². The lowest BCUT2D eigenvalue weighted by Gasteiger charge is -2.14. The fraction of sp³-hybridized carbons (Fsp3) is 0.250. The minimum atomic E-state index is -0.983. The molecule has 20 heavy (non-hydrogen) atoms. The smallest absolute Gasteiger partial charge is 0.123 e. The normalized spacial score (nSPS) is 12.2. The molecule has 0 bridgehead atoms. The van der Waals surface area contributed by atoms with E-state index in [4.69, 9.17) is 16.3 Å². The quantitative estimate of drug-likeness (QED) is 0.888. The lowest BCUT2D eigenvalue weighted by atomic mass is 10.0. The van der Waals surface area contributed by atoms with E-state index >= 15 is 0 Å². The minimum absolute atomic E-state index is 0.332. The van der Waals surface area contributed by atoms with Gasteiger partial charge in [0, 0.05) is 10.6 Å². The third-order valence-corrected chi connectivity index (χ3v) is 3.24. The summed E-state index contributed by atoms with van der Waals surface area (Å²) in [6.07, 6.45) is -0.0777. The first kappa shape index (κ1) is 14.8. The first-order valence-electron chi connectivity index (χ1n) is 6.47. The van der Waals surface area contributed by atoms with Crippen molar-refractivity contribution in [1.29, 1.82) is 0 Å². The second-order valence-corrected chi connectivity index (χ2v) is 4.90. The van der Waals surface area contributed by atoms with Crippen LogP contribution in [-0.2, 0) is 0 Å². The van der Waals surface area contributed by atoms with E-state index in [2.05, 4.69) is 0 Å². The van der Waals surface area contributed by atoms with Crippen molar-refractivity contribution in [2.45, 2.75) is 19.4 Å². The van der Waals surface area contributed by atoms with Crippen LogP contribution in [0.1, 0.15) is 30.6 Å². The molecule has 0 radical (unpaired) electrons. The standard InChI is InChI=1S/C16H16ClFO2/c1-2-8-20-13-5-3-4-11(9-13)16(19)14-10-12(18)6-7-15(14)17/h3-7,9-10,16,19H,2,8H2,1H3. The second kappa shape index (κ2) is 6.73. The Labute approximate surface area is 122 Å². The predicted molar refractivity (Wildman–Crippen MR) is 77.7 cm³/mol. The molecule has 106 valence electrons. The summed E-state index contributed by atoms with van der Waals surface area (Å²) in [7, 11) is 0. The summed E-state index contributed by atoms with van der Waals surface area (Å²) >= 11 is 6.01. The molecule has 2 aromatic rings. The molecule has 0 saturated carbocycles. The van der Waals surface area contributed by atoms with Gasteiger partial charge in [-0.25, -0.2) is 4.39 Å². The van der Waals surface area contributed by atoms with Crippen LogP contribution >= 0.6 is 11.6 Å². The summed E-state index contributed by atoms with van der Waals surface area (Å²) in [4.78, 5) is 0. The second-order valence-electron chi connectivity index (χ2n) is 4.49. The topological polar surface area (TPSA) is 29.5 Å². The van der Waals surface area contributed by atoms with Gasteiger partial charge in [-0.15, -0.1) is 0 Å². The molecule has 2 nitrogen and oxygen atoms in total. The monoisotopic (exact) mass is 294 g/mol. The SMILES string of the molecule is CCCOc1cccc(C(O)c2cc(F)ccc2Cl)c1. The zero-order valence-electron chi connectivity index (χ0n) is 11.1. The number of benzene rings is 2. The van der Waals surface area contributed by atoms with Gasteiger partial charge in [0.05, 0.1) is 6.61 Å². The Morgan fingerprint density at radius 3 is 2.80 bits per heavy atom. The number of ether oxygens (including phenoxy) is 1. The Morgan fingerprint density at radius 1 is 1.25 bits per heavy atom. The lowest BCUT2D eigenvalue weighted by molar-refractivity contribution is 0.219. The third kappa shape index (κ3) is 3.50. The molecule has 0 spiro atoms. The van der Waals surface area contributed by atoms with Crippen molar-refractivity contribution in [3.8, 4) is 5.75 Å². The molecular weight excluding hydrogens is 279 g/mol. The first-order valence-corrected chi connectivity index (χ1v) is 6.85. The molecule has 1 unspecified atom stereocenters. The summed E-state index contributed by atoms with van der Waals surface area (Å²) in [5, 5.41) is 10.7. The number of aliphatic hydroxyl groups excluding tert-OH is 1. The van der Waals surface area contributed by atoms with Gasteiger partial charge in [-0.05, 0) is 42.3 Å². The average molecular weight is 295 g/mol. The van der Waals surface area contributed by atoms with E-state index in [1.165, 1.54) is 18.2 Å². The van der Waals surface area contributed by atoms with Crippen molar-refractivity contribution in [2.75, 3.05) is 6.61 Å². The van der Waals surface area contributed by atoms with Gasteiger partial charge in [0.1, 0.15) is 17.7 Å². The van der Waals surface area contributed by atoms with E-state index in [-0.39, 0.29) is 0 Å². The highest BCUT2D eigenvalue weighted by Gasteiger charge is 2.15. The summed E-state index contributed by atoms with van der Waals surface area (Å²) in [6, 6.07) is 11.0. The van der Waals surface area contributed by atoms with Gasteiger partial charge in [0.25, 0.3) is 0 Å². The highest BCUT2D eigenvalue weighted by Crippen LogP contribution is 2.30. The van der Waals surface area contributed by atoms with Crippen LogP contribution in [0.2, 0.25) is 5.02 Å². The molecule has 0 amide bonds. The van der Waals surface area contributed by atoms with Crippen LogP contribution < -0.4 is 4.74 Å². The van der Waals surface area contributed by atoms with Crippen molar-refractivity contribution in [1.82, 2.24) is 0 Å². The van der Waals surface area contributed by atoms with E-state index in [0.29, 0.717) is 28.5 Å². The average Bonchev–Trinajstić information content (AvgIpc) is 2.47. The van der Waals surface area contributed by atoms with Gasteiger partial charge in [0.2, 0.25) is 0 Å². The number of aliphatic hydroxyl groups is 1. The molecule has 0 aromatic heterocycles. The zero-order chi connectivity index (χ0) is 14.5. The Kier molecular flexibility index (Phi) is 4.99. The maximum atomic E-state index is 13.3. The Balaban J connectivity index is 2.28. The van der Waals surface area contributed by atoms with Crippen LogP contribution in [0.3, 0.4) is 0 Å². The number of halogens is 2. The first-order chi connectivity index (χ1) is 9.61. The van der Waals surface area contributed by atoms with Gasteiger partial charge in [0.15, 0.2) is 0 Å². The molecule has 0 aliphatic rings. The van der Waals surface area contributed by atoms with Crippen molar-refractivity contribution in [3.63, 3.8) is 0 Å². The van der Waals surface area contributed by atoms with E-state index in [1.54, 1.807) is 18.2 Å².